The van der Waals surface area contributed by atoms with E-state index in [1.54, 1.807) is 13.0 Å². The van der Waals surface area contributed by atoms with Crippen LogP contribution in [-0.2, 0) is 32.2 Å². The average molecular weight is 938 g/mol. The van der Waals surface area contributed by atoms with E-state index in [9.17, 15) is 24.2 Å². The number of fused-ring (bicyclic) bond motifs is 2. The Bertz CT molecular complexity index is 3110. The van der Waals surface area contributed by atoms with E-state index in [1.807, 2.05) is 158 Å². The number of aromatic nitrogens is 4. The van der Waals surface area contributed by atoms with Crippen molar-refractivity contribution in [2.45, 2.75) is 106 Å². The normalized spacial score (nSPS) is 12.8. The zero-order valence-corrected chi connectivity index (χ0v) is 40.9. The molecular formula is C56H58ClFN4O6. The first-order valence-corrected chi connectivity index (χ1v) is 22.9. The van der Waals surface area contributed by atoms with Crippen LogP contribution in [0.15, 0.2) is 122 Å². The second kappa shape index (κ2) is 19.9. The molecule has 0 spiro atoms. The van der Waals surface area contributed by atoms with Gasteiger partial charge in [-0.3, -0.25) is 0 Å². The minimum Gasteiger partial charge on any atom is -0.479 e. The van der Waals surface area contributed by atoms with Crippen molar-refractivity contribution >= 4 is 45.6 Å². The predicted molar refractivity (Wildman–Crippen MR) is 268 cm³/mol. The molecule has 2 N–H and O–H groups in total. The van der Waals surface area contributed by atoms with Crippen LogP contribution in [0.25, 0.3) is 44.3 Å². The summed E-state index contributed by atoms with van der Waals surface area (Å²) in [5.41, 5.74) is 9.71. The van der Waals surface area contributed by atoms with Crippen molar-refractivity contribution in [3.05, 3.63) is 177 Å². The van der Waals surface area contributed by atoms with Gasteiger partial charge in [-0.15, -0.1) is 0 Å². The summed E-state index contributed by atoms with van der Waals surface area (Å²) in [6.45, 7) is 19.7. The summed E-state index contributed by atoms with van der Waals surface area (Å²) in [6, 6.07) is 34.7. The maximum atomic E-state index is 14.5. The number of benzene rings is 4. The third kappa shape index (κ3) is 11.2. The van der Waals surface area contributed by atoms with E-state index in [2.05, 4.69) is 16.7 Å². The Hall–Kier alpha value is -6.66. The number of rotatable bonds is 12. The molecule has 4 aromatic heterocycles. The minimum atomic E-state index is -1.21. The van der Waals surface area contributed by atoms with Gasteiger partial charge in [0.2, 0.25) is 0 Å². The van der Waals surface area contributed by atoms with Crippen molar-refractivity contribution in [3.63, 3.8) is 0 Å². The SMILES string of the molecule is Cc1ccc(-c2c(C(OC(C)(C)C)C(=O)O)c(C)nc3c2ccn3Cc2cc(Cl)ccc2F)cc1.Cc1ccc(-c2c(C(OC(C)(C)C)C(=O)O)c(C)nc3c2ccn3Cc2ccccc2)cc1. The van der Waals surface area contributed by atoms with Gasteiger partial charge in [-0.1, -0.05) is 102 Å². The summed E-state index contributed by atoms with van der Waals surface area (Å²) < 4.78 is 30.5. The number of nitrogens with zero attached hydrogens (tertiary/aromatic N) is 4. The van der Waals surface area contributed by atoms with Crippen LogP contribution in [0.2, 0.25) is 5.02 Å². The highest BCUT2D eigenvalue weighted by atomic mass is 35.5. The number of aliphatic carboxylic acids is 2. The molecule has 0 aliphatic heterocycles. The van der Waals surface area contributed by atoms with E-state index >= 15 is 0 Å². The van der Waals surface area contributed by atoms with Crippen molar-refractivity contribution in [3.8, 4) is 22.3 Å². The Morgan fingerprint density at radius 1 is 0.618 bits per heavy atom. The number of pyridine rings is 2. The molecule has 12 heteroatoms. The maximum absolute atomic E-state index is 14.5. The zero-order valence-electron chi connectivity index (χ0n) is 40.2. The molecular weight excluding hydrogens is 879 g/mol. The van der Waals surface area contributed by atoms with Gasteiger partial charge in [0.15, 0.2) is 12.2 Å². The summed E-state index contributed by atoms with van der Waals surface area (Å²) in [5.74, 6) is -2.46. The van der Waals surface area contributed by atoms with Crippen LogP contribution in [0.5, 0.6) is 0 Å². The summed E-state index contributed by atoms with van der Waals surface area (Å²) in [4.78, 5) is 34.5. The molecule has 2 atom stereocenters. The number of hydrogen-bond acceptors (Lipinski definition) is 6. The van der Waals surface area contributed by atoms with Gasteiger partial charge in [0.05, 0.1) is 17.7 Å². The maximum Gasteiger partial charge on any atom is 0.337 e. The Morgan fingerprint density at radius 2 is 1.04 bits per heavy atom. The monoisotopic (exact) mass is 936 g/mol. The molecule has 0 amide bonds. The summed E-state index contributed by atoms with van der Waals surface area (Å²) in [6.07, 6.45) is 1.51. The molecule has 352 valence electrons. The van der Waals surface area contributed by atoms with Crippen LogP contribution < -0.4 is 0 Å². The number of hydrogen-bond donors (Lipinski definition) is 2. The quantitative estimate of drug-likeness (QED) is 0.124. The van der Waals surface area contributed by atoms with Gasteiger partial charge in [-0.25, -0.2) is 23.9 Å². The van der Waals surface area contributed by atoms with Gasteiger partial charge in [0.1, 0.15) is 17.1 Å². The molecule has 0 saturated heterocycles. The van der Waals surface area contributed by atoms with Gasteiger partial charge < -0.3 is 28.8 Å². The van der Waals surface area contributed by atoms with E-state index in [4.69, 9.17) is 31.0 Å². The largest absolute Gasteiger partial charge is 0.479 e. The Balaban J connectivity index is 0.000000202. The van der Waals surface area contributed by atoms with Gasteiger partial charge in [-0.2, -0.15) is 0 Å². The first kappa shape index (κ1) is 49.3. The first-order chi connectivity index (χ1) is 32.1. The lowest BCUT2D eigenvalue weighted by atomic mass is 9.92. The third-order valence-corrected chi connectivity index (χ3v) is 11.6. The van der Waals surface area contributed by atoms with Crippen LogP contribution in [0, 0.1) is 33.5 Å². The van der Waals surface area contributed by atoms with Gasteiger partial charge in [0, 0.05) is 73.9 Å². The van der Waals surface area contributed by atoms with Crippen LogP contribution in [0.4, 0.5) is 4.39 Å². The zero-order chi connectivity index (χ0) is 49.2. The fourth-order valence-electron chi connectivity index (χ4n) is 8.42. The predicted octanol–water partition coefficient (Wildman–Crippen LogP) is 13.4. The van der Waals surface area contributed by atoms with E-state index in [-0.39, 0.29) is 12.4 Å². The highest BCUT2D eigenvalue weighted by Crippen LogP contribution is 2.42. The Morgan fingerprint density at radius 3 is 1.46 bits per heavy atom. The number of carboxylic acids is 2. The number of aryl methyl sites for hydroxylation is 4. The van der Waals surface area contributed by atoms with Gasteiger partial charge in [-0.05, 0) is 116 Å². The number of carboxylic acid groups (broad SMARTS) is 2. The first-order valence-electron chi connectivity index (χ1n) is 22.5. The number of carbonyl (C=O) groups is 2. The van der Waals surface area contributed by atoms with Crippen LogP contribution in [0.3, 0.4) is 0 Å². The topological polar surface area (TPSA) is 129 Å². The van der Waals surface area contributed by atoms with E-state index in [1.165, 1.54) is 17.7 Å². The second-order valence-corrected chi connectivity index (χ2v) is 19.6. The lowest BCUT2D eigenvalue weighted by molar-refractivity contribution is -0.161. The molecule has 10 nitrogen and oxygen atoms in total. The molecule has 0 radical (unpaired) electrons. The molecule has 0 fully saturated rings. The van der Waals surface area contributed by atoms with E-state index in [0.29, 0.717) is 45.3 Å². The summed E-state index contributed by atoms with van der Waals surface area (Å²) >= 11 is 6.10. The molecule has 4 heterocycles. The third-order valence-electron chi connectivity index (χ3n) is 11.4. The second-order valence-electron chi connectivity index (χ2n) is 19.2. The van der Waals surface area contributed by atoms with E-state index < -0.39 is 35.3 Å². The van der Waals surface area contributed by atoms with Crippen LogP contribution in [-0.4, -0.2) is 52.5 Å². The fourth-order valence-corrected chi connectivity index (χ4v) is 8.61. The van der Waals surface area contributed by atoms with Gasteiger partial charge >= 0.3 is 11.9 Å². The highest BCUT2D eigenvalue weighted by Gasteiger charge is 2.34. The number of ether oxygens (including phenoxy) is 2. The highest BCUT2D eigenvalue weighted by molar-refractivity contribution is 6.30. The Kier molecular flexibility index (Phi) is 14.4. The molecule has 0 aliphatic carbocycles. The summed E-state index contributed by atoms with van der Waals surface area (Å²) in [5, 5.41) is 22.4. The molecule has 8 rings (SSSR count). The van der Waals surface area contributed by atoms with Crippen molar-refractivity contribution in [2.24, 2.45) is 0 Å². The molecule has 2 unspecified atom stereocenters. The molecule has 0 bridgehead atoms. The Labute approximate surface area is 402 Å². The molecule has 4 aromatic carbocycles. The molecule has 8 aromatic rings. The molecule has 68 heavy (non-hydrogen) atoms. The van der Waals surface area contributed by atoms with Crippen molar-refractivity contribution in [1.82, 2.24) is 19.1 Å². The lowest BCUT2D eigenvalue weighted by Gasteiger charge is -2.28. The van der Waals surface area contributed by atoms with Crippen molar-refractivity contribution in [1.29, 1.82) is 0 Å². The van der Waals surface area contributed by atoms with Crippen LogP contribution in [0.1, 0.15) is 98.5 Å². The smallest absolute Gasteiger partial charge is 0.337 e. The fraction of sp³-hybridized carbons (Fsp3) is 0.286. The van der Waals surface area contributed by atoms with E-state index in [0.717, 1.165) is 49.8 Å². The molecule has 0 aliphatic rings. The minimum absolute atomic E-state index is 0.232. The van der Waals surface area contributed by atoms with Gasteiger partial charge in [0.25, 0.3) is 0 Å². The molecule has 0 saturated carbocycles. The van der Waals surface area contributed by atoms with Crippen LogP contribution >= 0.6 is 11.6 Å². The number of halogens is 2. The standard InChI is InChI=1S/C28H28ClFN2O3.C28H30N2O3/c1-16-6-8-18(9-7-16)24-21-12-13-32(15-19-14-20(29)10-11-22(19)30)26(21)31-17(2)23(24)25(27(33)34)35-28(3,4)5;1-18-11-13-21(14-12-18)24-22-15-16-30(17-20-9-7-6-8-10-20)26(22)29-19(2)23(24)25(27(31)32)33-28(3,4)5/h6-14,25H,15H2,1-5H3,(H,33,34);6-16,25H,17H2,1-5H3,(H,31,32). The summed E-state index contributed by atoms with van der Waals surface area (Å²) in [7, 11) is 0. The average Bonchev–Trinajstić information content (AvgIpc) is 3.85. The van der Waals surface area contributed by atoms with Crippen molar-refractivity contribution in [2.75, 3.05) is 0 Å². The lowest BCUT2D eigenvalue weighted by Crippen LogP contribution is -2.28. The van der Waals surface area contributed by atoms with Crippen molar-refractivity contribution < 1.29 is 33.7 Å².